The van der Waals surface area contributed by atoms with E-state index < -0.39 is 5.97 Å². The molecule has 5 heteroatoms. The molecule has 0 aliphatic rings. The van der Waals surface area contributed by atoms with Gasteiger partial charge in [-0.1, -0.05) is 24.2 Å². The smallest absolute Gasteiger partial charge is 0.374 e. The van der Waals surface area contributed by atoms with Crippen LogP contribution in [0.15, 0.2) is 34.9 Å². The van der Waals surface area contributed by atoms with E-state index in [1.54, 1.807) is 12.1 Å². The highest BCUT2D eigenvalue weighted by Crippen LogP contribution is 2.23. The molecule has 0 aliphatic heterocycles. The van der Waals surface area contributed by atoms with Gasteiger partial charge < -0.3 is 9.63 Å². The maximum absolute atomic E-state index is 12.8. The Morgan fingerprint density at radius 1 is 1.41 bits per heavy atom. The molecule has 2 aromatic rings. The van der Waals surface area contributed by atoms with Gasteiger partial charge in [-0.15, -0.1) is 0 Å². The van der Waals surface area contributed by atoms with Crippen LogP contribution in [-0.4, -0.2) is 16.2 Å². The fourth-order valence-corrected chi connectivity index (χ4v) is 1.52. The van der Waals surface area contributed by atoms with Gasteiger partial charge >= 0.3 is 5.97 Å². The summed E-state index contributed by atoms with van der Waals surface area (Å²) in [5, 5.41) is 12.4. The van der Waals surface area contributed by atoms with Gasteiger partial charge in [0.15, 0.2) is 0 Å². The summed E-state index contributed by atoms with van der Waals surface area (Å²) in [7, 11) is 0. The molecule has 1 aromatic carbocycles. The molecule has 1 unspecified atom stereocenters. The van der Waals surface area contributed by atoms with Crippen molar-refractivity contribution in [3.05, 3.63) is 53.2 Å². The van der Waals surface area contributed by atoms with E-state index in [2.05, 4.69) is 9.68 Å². The Kier molecular flexibility index (Phi) is 2.91. The first kappa shape index (κ1) is 11.3. The summed E-state index contributed by atoms with van der Waals surface area (Å²) in [4.78, 5) is 10.6. The summed E-state index contributed by atoms with van der Waals surface area (Å²) in [5.74, 6) is -1.82. The number of carboxylic acids is 1. The van der Waals surface area contributed by atoms with Gasteiger partial charge in [-0.3, -0.25) is 0 Å². The van der Waals surface area contributed by atoms with Gasteiger partial charge in [0, 0.05) is 12.0 Å². The SMILES string of the molecule is CC(c1ccc(F)cc1)c1cc(C(=O)O)on1. The topological polar surface area (TPSA) is 63.3 Å². The zero-order chi connectivity index (χ0) is 12.4. The summed E-state index contributed by atoms with van der Waals surface area (Å²) in [6, 6.07) is 7.34. The first-order chi connectivity index (χ1) is 8.08. The van der Waals surface area contributed by atoms with E-state index in [1.165, 1.54) is 18.2 Å². The molecule has 0 saturated heterocycles. The molecule has 0 saturated carbocycles. The van der Waals surface area contributed by atoms with Gasteiger partial charge in [-0.05, 0) is 17.7 Å². The van der Waals surface area contributed by atoms with Crippen LogP contribution in [0, 0.1) is 5.82 Å². The van der Waals surface area contributed by atoms with Gasteiger partial charge in [0.05, 0.1) is 5.69 Å². The van der Waals surface area contributed by atoms with Crippen LogP contribution >= 0.6 is 0 Å². The molecular weight excluding hydrogens is 225 g/mol. The molecular formula is C12H10FNO3. The predicted octanol–water partition coefficient (Wildman–Crippen LogP) is 2.66. The number of halogens is 1. The second-order valence-electron chi connectivity index (χ2n) is 3.69. The van der Waals surface area contributed by atoms with Gasteiger partial charge in [0.2, 0.25) is 5.76 Å². The highest BCUT2D eigenvalue weighted by molar-refractivity contribution is 5.84. The molecule has 2 rings (SSSR count). The minimum atomic E-state index is -1.16. The maximum atomic E-state index is 12.8. The predicted molar refractivity (Wildman–Crippen MR) is 57.4 cm³/mol. The molecule has 1 N–H and O–H groups in total. The molecule has 88 valence electrons. The van der Waals surface area contributed by atoms with Crippen LogP contribution in [0.25, 0.3) is 0 Å². The number of nitrogens with zero attached hydrogens (tertiary/aromatic N) is 1. The van der Waals surface area contributed by atoms with E-state index in [1.807, 2.05) is 6.92 Å². The van der Waals surface area contributed by atoms with E-state index in [-0.39, 0.29) is 17.5 Å². The molecule has 0 spiro atoms. The van der Waals surface area contributed by atoms with Crippen molar-refractivity contribution in [3.8, 4) is 0 Å². The first-order valence-corrected chi connectivity index (χ1v) is 5.03. The molecule has 1 heterocycles. The van der Waals surface area contributed by atoms with Crippen LogP contribution in [0.2, 0.25) is 0 Å². The monoisotopic (exact) mass is 235 g/mol. The van der Waals surface area contributed by atoms with Crippen LogP contribution in [0.1, 0.15) is 34.7 Å². The van der Waals surface area contributed by atoms with Crippen molar-refractivity contribution in [2.24, 2.45) is 0 Å². The fourth-order valence-electron chi connectivity index (χ4n) is 1.52. The number of aromatic carboxylic acids is 1. The van der Waals surface area contributed by atoms with Crippen LogP contribution < -0.4 is 0 Å². The molecule has 0 bridgehead atoms. The second-order valence-corrected chi connectivity index (χ2v) is 3.69. The van der Waals surface area contributed by atoms with E-state index in [0.717, 1.165) is 5.56 Å². The summed E-state index contributed by atoms with van der Waals surface area (Å²) in [5.41, 5.74) is 1.35. The zero-order valence-corrected chi connectivity index (χ0v) is 9.05. The lowest BCUT2D eigenvalue weighted by atomic mass is 9.98. The number of hydrogen-bond donors (Lipinski definition) is 1. The van der Waals surface area contributed by atoms with Crippen molar-refractivity contribution in [2.45, 2.75) is 12.8 Å². The minimum absolute atomic E-state index is 0.146. The first-order valence-electron chi connectivity index (χ1n) is 5.03. The van der Waals surface area contributed by atoms with Gasteiger partial charge in [-0.25, -0.2) is 9.18 Å². The summed E-state index contributed by atoms with van der Waals surface area (Å²) < 4.78 is 17.4. The van der Waals surface area contributed by atoms with E-state index in [4.69, 9.17) is 5.11 Å². The van der Waals surface area contributed by atoms with Crippen LogP contribution in [0.5, 0.6) is 0 Å². The minimum Gasteiger partial charge on any atom is -0.475 e. The Morgan fingerprint density at radius 3 is 2.59 bits per heavy atom. The molecule has 0 aliphatic carbocycles. The van der Waals surface area contributed by atoms with Crippen molar-refractivity contribution in [3.63, 3.8) is 0 Å². The second kappa shape index (κ2) is 4.37. The number of hydrogen-bond acceptors (Lipinski definition) is 3. The lowest BCUT2D eigenvalue weighted by molar-refractivity contribution is 0.0652. The maximum Gasteiger partial charge on any atom is 0.374 e. The molecule has 0 fully saturated rings. The Bertz CT molecular complexity index is 533. The van der Waals surface area contributed by atoms with Crippen molar-refractivity contribution < 1.29 is 18.8 Å². The van der Waals surface area contributed by atoms with Crippen molar-refractivity contribution >= 4 is 5.97 Å². The standard InChI is InChI=1S/C12H10FNO3/c1-7(8-2-4-9(13)5-3-8)10-6-11(12(15)16)17-14-10/h2-7H,1H3,(H,15,16). The van der Waals surface area contributed by atoms with E-state index in [9.17, 15) is 9.18 Å². The number of benzene rings is 1. The van der Waals surface area contributed by atoms with E-state index in [0.29, 0.717) is 5.69 Å². The Labute approximate surface area is 96.7 Å². The summed E-state index contributed by atoms with van der Waals surface area (Å²) in [6.45, 7) is 1.84. The van der Waals surface area contributed by atoms with Crippen LogP contribution in [0.4, 0.5) is 4.39 Å². The largest absolute Gasteiger partial charge is 0.475 e. The zero-order valence-electron chi connectivity index (χ0n) is 9.05. The molecule has 17 heavy (non-hydrogen) atoms. The Hall–Kier alpha value is -2.17. The number of aromatic nitrogens is 1. The molecule has 0 amide bonds. The normalized spacial score (nSPS) is 12.4. The summed E-state index contributed by atoms with van der Waals surface area (Å²) in [6.07, 6.45) is 0. The van der Waals surface area contributed by atoms with Crippen molar-refractivity contribution in [1.29, 1.82) is 0 Å². The Balaban J connectivity index is 2.27. The van der Waals surface area contributed by atoms with Crippen molar-refractivity contribution in [2.75, 3.05) is 0 Å². The molecule has 1 atom stereocenters. The third-order valence-electron chi connectivity index (χ3n) is 2.55. The van der Waals surface area contributed by atoms with Gasteiger partial charge in [0.25, 0.3) is 0 Å². The Morgan fingerprint density at radius 2 is 2.06 bits per heavy atom. The molecule has 4 nitrogen and oxygen atoms in total. The lowest BCUT2D eigenvalue weighted by Gasteiger charge is -2.07. The number of carboxylic acid groups (broad SMARTS) is 1. The highest BCUT2D eigenvalue weighted by atomic mass is 19.1. The third kappa shape index (κ3) is 2.33. The van der Waals surface area contributed by atoms with Crippen LogP contribution in [0.3, 0.4) is 0 Å². The highest BCUT2D eigenvalue weighted by Gasteiger charge is 2.17. The molecule has 0 radical (unpaired) electrons. The van der Waals surface area contributed by atoms with Crippen LogP contribution in [-0.2, 0) is 0 Å². The average Bonchev–Trinajstić information content (AvgIpc) is 2.78. The van der Waals surface area contributed by atoms with Gasteiger partial charge in [0.1, 0.15) is 5.82 Å². The lowest BCUT2D eigenvalue weighted by Crippen LogP contribution is -1.96. The van der Waals surface area contributed by atoms with Gasteiger partial charge in [-0.2, -0.15) is 0 Å². The molecule has 1 aromatic heterocycles. The average molecular weight is 235 g/mol. The quantitative estimate of drug-likeness (QED) is 0.888. The third-order valence-corrected chi connectivity index (χ3v) is 2.55. The number of carbonyl (C=O) groups is 1. The summed E-state index contributed by atoms with van der Waals surface area (Å²) >= 11 is 0. The number of rotatable bonds is 3. The fraction of sp³-hybridized carbons (Fsp3) is 0.167. The van der Waals surface area contributed by atoms with Crippen molar-refractivity contribution in [1.82, 2.24) is 5.16 Å². The van der Waals surface area contributed by atoms with E-state index >= 15 is 0 Å².